The summed E-state index contributed by atoms with van der Waals surface area (Å²) in [7, 11) is 0. The maximum Gasteiger partial charge on any atom is 0.412 e. The largest absolute Gasteiger partial charge is 0.477 e. The van der Waals surface area contributed by atoms with E-state index in [0.29, 0.717) is 5.69 Å². The van der Waals surface area contributed by atoms with Gasteiger partial charge in [0.2, 0.25) is 0 Å². The Hall–Kier alpha value is -4.66. The zero-order chi connectivity index (χ0) is 26.1. The smallest absolute Gasteiger partial charge is 0.412 e. The van der Waals surface area contributed by atoms with E-state index in [0.717, 1.165) is 17.2 Å². The summed E-state index contributed by atoms with van der Waals surface area (Å²) >= 11 is 0. The van der Waals surface area contributed by atoms with E-state index < -0.39 is 29.5 Å². The van der Waals surface area contributed by atoms with Crippen LogP contribution in [-0.2, 0) is 20.9 Å². The van der Waals surface area contributed by atoms with E-state index in [-0.39, 0.29) is 18.0 Å². The van der Waals surface area contributed by atoms with Crippen molar-refractivity contribution < 1.29 is 29.0 Å². The highest BCUT2D eigenvalue weighted by molar-refractivity contribution is 5.97. The molecule has 0 aliphatic carbocycles. The van der Waals surface area contributed by atoms with Gasteiger partial charge in [0.05, 0.1) is 17.1 Å². The number of hydrogen-bond donors (Lipinski definition) is 3. The van der Waals surface area contributed by atoms with Crippen LogP contribution in [0.3, 0.4) is 0 Å². The number of nitrogens with zero attached hydrogens (tertiary/aromatic N) is 1. The summed E-state index contributed by atoms with van der Waals surface area (Å²) in [5.41, 5.74) is 1.13. The highest BCUT2D eigenvalue weighted by atomic mass is 16.6. The van der Waals surface area contributed by atoms with Crippen molar-refractivity contribution in [3.8, 4) is 11.3 Å². The van der Waals surface area contributed by atoms with Gasteiger partial charge in [0.15, 0.2) is 0 Å². The average molecular weight is 490 g/mol. The molecule has 186 valence electrons. The molecular weight excluding hydrogens is 462 g/mol. The zero-order valence-corrected chi connectivity index (χ0v) is 20.1. The second-order valence-corrected chi connectivity index (χ2v) is 8.67. The first-order valence-corrected chi connectivity index (χ1v) is 11.1. The van der Waals surface area contributed by atoms with Crippen molar-refractivity contribution in [2.75, 3.05) is 5.32 Å². The molecule has 0 radical (unpaired) electrons. The Morgan fingerprint density at radius 2 is 1.56 bits per heavy atom. The van der Waals surface area contributed by atoms with E-state index in [2.05, 4.69) is 15.6 Å². The van der Waals surface area contributed by atoms with Gasteiger partial charge >= 0.3 is 18.2 Å². The molecule has 0 bridgehead atoms. The normalized spacial score (nSPS) is 11.4. The van der Waals surface area contributed by atoms with E-state index >= 15 is 0 Å². The molecular formula is C27H27N3O6. The van der Waals surface area contributed by atoms with Crippen LogP contribution in [0.1, 0.15) is 32.0 Å². The van der Waals surface area contributed by atoms with Crippen molar-refractivity contribution in [2.45, 2.75) is 33.0 Å². The molecule has 3 rings (SSSR count). The Bertz CT molecular complexity index is 1250. The molecule has 3 N–H and O–H groups in total. The predicted octanol–water partition coefficient (Wildman–Crippen LogP) is 5.45. The molecule has 1 aromatic heterocycles. The number of carboxylic acid groups (broad SMARTS) is 1. The van der Waals surface area contributed by atoms with Gasteiger partial charge in [-0.05, 0) is 44.5 Å². The predicted molar refractivity (Wildman–Crippen MR) is 135 cm³/mol. The van der Waals surface area contributed by atoms with Crippen molar-refractivity contribution in [1.82, 2.24) is 10.3 Å². The lowest BCUT2D eigenvalue weighted by Gasteiger charge is -2.20. The van der Waals surface area contributed by atoms with Gasteiger partial charge in [0.25, 0.3) is 0 Å². The number of carbonyl (C=O) groups excluding carboxylic acids is 2. The molecule has 9 heteroatoms. The van der Waals surface area contributed by atoms with Crippen LogP contribution in [0.25, 0.3) is 17.3 Å². The standard InChI is InChI=1S/C27H27N3O6/c1-27(2,3)36-26(34)29-21-15-14-20(19-12-8-5-9-13-19)28-22(21)16-23(24(31)32)30-25(33)35-17-18-10-6-4-7-11-18/h4-16H,17H2,1-3H3,(H,29,34)(H,30,33)(H,31,32). The number of pyridine rings is 1. The maximum absolute atomic E-state index is 12.4. The summed E-state index contributed by atoms with van der Waals surface area (Å²) in [4.78, 5) is 41.1. The van der Waals surface area contributed by atoms with Crippen molar-refractivity contribution in [1.29, 1.82) is 0 Å². The van der Waals surface area contributed by atoms with Gasteiger partial charge in [-0.15, -0.1) is 0 Å². The summed E-state index contributed by atoms with van der Waals surface area (Å²) in [6, 6.07) is 21.4. The van der Waals surface area contributed by atoms with Crippen molar-refractivity contribution in [3.63, 3.8) is 0 Å². The lowest BCUT2D eigenvalue weighted by atomic mass is 10.1. The Morgan fingerprint density at radius 3 is 2.17 bits per heavy atom. The minimum atomic E-state index is -1.42. The third-order valence-electron chi connectivity index (χ3n) is 4.59. The third-order valence-corrected chi connectivity index (χ3v) is 4.59. The highest BCUT2D eigenvalue weighted by Crippen LogP contribution is 2.24. The molecule has 2 amide bonds. The lowest BCUT2D eigenvalue weighted by molar-refractivity contribution is -0.132. The van der Waals surface area contributed by atoms with Gasteiger partial charge in [0.1, 0.15) is 17.9 Å². The summed E-state index contributed by atoms with van der Waals surface area (Å²) < 4.78 is 10.4. The zero-order valence-electron chi connectivity index (χ0n) is 20.1. The van der Waals surface area contributed by atoms with E-state index in [9.17, 15) is 19.5 Å². The average Bonchev–Trinajstić information content (AvgIpc) is 2.83. The molecule has 0 spiro atoms. The quantitative estimate of drug-likeness (QED) is 0.377. The maximum atomic E-state index is 12.4. The number of hydrogen-bond acceptors (Lipinski definition) is 6. The van der Waals surface area contributed by atoms with Crippen LogP contribution < -0.4 is 10.6 Å². The third kappa shape index (κ3) is 7.98. The number of amides is 2. The monoisotopic (exact) mass is 489 g/mol. The molecule has 2 aromatic carbocycles. The molecule has 0 fully saturated rings. The number of aromatic nitrogens is 1. The minimum absolute atomic E-state index is 0.0350. The van der Waals surface area contributed by atoms with E-state index in [1.807, 2.05) is 36.4 Å². The Balaban J connectivity index is 1.90. The number of ether oxygens (including phenoxy) is 2. The Labute approximate surface area is 208 Å². The number of nitrogens with one attached hydrogen (secondary N) is 2. The first-order chi connectivity index (χ1) is 17.1. The van der Waals surface area contributed by atoms with Crippen molar-refractivity contribution in [2.24, 2.45) is 0 Å². The lowest BCUT2D eigenvalue weighted by Crippen LogP contribution is -2.28. The molecule has 0 atom stereocenters. The Morgan fingerprint density at radius 1 is 0.917 bits per heavy atom. The van der Waals surface area contributed by atoms with Gasteiger partial charge in [-0.1, -0.05) is 60.7 Å². The van der Waals surface area contributed by atoms with Crippen LogP contribution >= 0.6 is 0 Å². The fourth-order valence-electron chi connectivity index (χ4n) is 3.03. The van der Waals surface area contributed by atoms with Gasteiger partial charge in [-0.25, -0.2) is 19.4 Å². The summed E-state index contributed by atoms with van der Waals surface area (Å²) in [6.45, 7) is 5.12. The number of aliphatic carboxylic acids is 1. The molecule has 0 aliphatic heterocycles. The van der Waals surface area contributed by atoms with Gasteiger partial charge in [-0.3, -0.25) is 10.6 Å². The fourth-order valence-corrected chi connectivity index (χ4v) is 3.03. The van der Waals surface area contributed by atoms with E-state index in [1.165, 1.54) is 0 Å². The van der Waals surface area contributed by atoms with Crippen LogP contribution in [0.2, 0.25) is 0 Å². The number of anilines is 1. The van der Waals surface area contributed by atoms with Gasteiger partial charge in [0, 0.05) is 5.56 Å². The minimum Gasteiger partial charge on any atom is -0.477 e. The summed E-state index contributed by atoms with van der Waals surface area (Å²) in [5, 5.41) is 14.5. The van der Waals surface area contributed by atoms with Crippen molar-refractivity contribution >= 4 is 29.9 Å². The van der Waals surface area contributed by atoms with Gasteiger partial charge in [-0.2, -0.15) is 0 Å². The molecule has 0 saturated carbocycles. The number of carbonyl (C=O) groups is 3. The van der Waals surface area contributed by atoms with Crippen LogP contribution in [0.4, 0.5) is 15.3 Å². The number of rotatable bonds is 7. The summed E-state index contributed by atoms with van der Waals surface area (Å²) in [6.07, 6.45) is -0.544. The second kappa shape index (κ2) is 11.7. The van der Waals surface area contributed by atoms with Crippen LogP contribution in [0, 0.1) is 0 Å². The Kier molecular flexibility index (Phi) is 8.40. The highest BCUT2D eigenvalue weighted by Gasteiger charge is 2.19. The molecule has 3 aromatic rings. The first-order valence-electron chi connectivity index (χ1n) is 11.1. The molecule has 1 heterocycles. The SMILES string of the molecule is CC(C)(C)OC(=O)Nc1ccc(-c2ccccc2)nc1C=C(NC(=O)OCc1ccccc1)C(=O)O. The fraction of sp³-hybridized carbons (Fsp3) is 0.185. The molecule has 36 heavy (non-hydrogen) atoms. The van der Waals surface area contributed by atoms with Crippen molar-refractivity contribution in [3.05, 3.63) is 89.8 Å². The topological polar surface area (TPSA) is 127 Å². The molecule has 0 aliphatic rings. The first kappa shape index (κ1) is 26.0. The van der Waals surface area contributed by atoms with E-state index in [4.69, 9.17) is 9.47 Å². The van der Waals surface area contributed by atoms with Crippen LogP contribution in [-0.4, -0.2) is 33.8 Å². The molecule has 0 saturated heterocycles. The van der Waals surface area contributed by atoms with E-state index in [1.54, 1.807) is 57.2 Å². The molecule has 0 unspecified atom stereocenters. The molecule has 9 nitrogen and oxygen atoms in total. The van der Waals surface area contributed by atoms with Crippen LogP contribution in [0.15, 0.2) is 78.5 Å². The second-order valence-electron chi connectivity index (χ2n) is 8.67. The number of carboxylic acids is 1. The number of alkyl carbamates (subject to hydrolysis) is 1. The van der Waals surface area contributed by atoms with Crippen LogP contribution in [0.5, 0.6) is 0 Å². The summed E-state index contributed by atoms with van der Waals surface area (Å²) in [5.74, 6) is -1.42. The van der Waals surface area contributed by atoms with Gasteiger partial charge < -0.3 is 14.6 Å². The number of benzene rings is 2.